The summed E-state index contributed by atoms with van der Waals surface area (Å²) in [6.45, 7) is 8.80. The van der Waals surface area contributed by atoms with E-state index in [0.717, 1.165) is 5.71 Å². The van der Waals surface area contributed by atoms with Crippen molar-refractivity contribution in [3.63, 3.8) is 0 Å². The number of ether oxygens (including phenoxy) is 1. The van der Waals surface area contributed by atoms with Gasteiger partial charge in [0.05, 0.1) is 36.6 Å². The summed E-state index contributed by atoms with van der Waals surface area (Å²) >= 11 is 0. The summed E-state index contributed by atoms with van der Waals surface area (Å²) in [7, 11) is 0. The number of ketones is 1. The average molecular weight is 515 g/mol. The fourth-order valence-corrected chi connectivity index (χ4v) is 4.32. The van der Waals surface area contributed by atoms with E-state index in [1.165, 1.54) is 6.07 Å². The van der Waals surface area contributed by atoms with E-state index in [0.29, 0.717) is 22.6 Å². The number of hydrogen-bond acceptors (Lipinski definition) is 7. The molecule has 1 aliphatic carbocycles. The molecule has 0 aliphatic heterocycles. The maximum absolute atomic E-state index is 13.4. The molecule has 2 unspecified atom stereocenters. The minimum atomic E-state index is -4.60. The first-order valence-electron chi connectivity index (χ1n) is 11.9. The molecule has 0 radical (unpaired) electrons. The second-order valence-corrected chi connectivity index (χ2v) is 9.07. The van der Waals surface area contributed by atoms with E-state index in [2.05, 4.69) is 26.9 Å². The Bertz CT molecular complexity index is 1220. The largest absolute Gasteiger partial charge is 0.466 e. The Morgan fingerprint density at radius 2 is 2.03 bits per heavy atom. The van der Waals surface area contributed by atoms with Crippen LogP contribution in [0.2, 0.25) is 0 Å². The highest BCUT2D eigenvalue weighted by Gasteiger charge is 2.51. The van der Waals surface area contributed by atoms with Gasteiger partial charge in [0.15, 0.2) is 11.6 Å². The highest BCUT2D eigenvalue weighted by molar-refractivity contribution is 6.04. The number of allylic oxidation sites excluding steroid dienone is 1. The molecule has 2 aromatic rings. The number of aromatic nitrogens is 2. The van der Waals surface area contributed by atoms with Crippen molar-refractivity contribution in [1.82, 2.24) is 10.2 Å². The zero-order chi connectivity index (χ0) is 27.2. The molecule has 1 aromatic heterocycles. The molecule has 196 valence electrons. The van der Waals surface area contributed by atoms with Gasteiger partial charge in [-0.1, -0.05) is 18.2 Å². The van der Waals surface area contributed by atoms with Gasteiger partial charge in [-0.3, -0.25) is 14.6 Å². The molecule has 0 bridgehead atoms. The molecule has 0 fully saturated rings. The Morgan fingerprint density at radius 1 is 1.27 bits per heavy atom. The molecule has 0 saturated heterocycles. The van der Waals surface area contributed by atoms with Crippen molar-refractivity contribution in [2.75, 3.05) is 6.61 Å². The van der Waals surface area contributed by atoms with Gasteiger partial charge in [-0.05, 0) is 70.2 Å². The predicted octanol–water partition coefficient (Wildman–Crippen LogP) is 5.90. The van der Waals surface area contributed by atoms with Crippen LogP contribution in [-0.2, 0) is 16.0 Å². The number of Topliss-reactive ketones (excluding diaryl/α,β-unsaturated/α-hetero) is 1. The lowest BCUT2D eigenvalue weighted by atomic mass is 9.66. The molecule has 10 heteroatoms. The van der Waals surface area contributed by atoms with Crippen molar-refractivity contribution in [2.45, 2.75) is 58.7 Å². The van der Waals surface area contributed by atoms with Crippen LogP contribution in [0.1, 0.15) is 56.0 Å². The zero-order valence-corrected chi connectivity index (χ0v) is 21.0. The number of esters is 1. The first-order chi connectivity index (χ1) is 17.5. The van der Waals surface area contributed by atoms with Crippen molar-refractivity contribution in [3.8, 4) is 11.3 Å². The average Bonchev–Trinajstić information content (AvgIpc) is 2.84. The van der Waals surface area contributed by atoms with E-state index in [-0.39, 0.29) is 31.1 Å². The number of aryl methyl sites for hydroxylation is 1. The molecule has 0 N–H and O–H groups in total. The Labute approximate surface area is 213 Å². The van der Waals surface area contributed by atoms with Crippen LogP contribution in [0.15, 0.2) is 52.5 Å². The first kappa shape index (κ1) is 27.9. The number of nitrogens with zero attached hydrogens (tertiary/aromatic N) is 4. The Balaban J connectivity index is 1.85. The van der Waals surface area contributed by atoms with Gasteiger partial charge in [0.25, 0.3) is 0 Å². The third kappa shape index (κ3) is 7.18. The van der Waals surface area contributed by atoms with E-state index in [9.17, 15) is 22.8 Å². The molecule has 0 spiro atoms. The first-order valence-corrected chi connectivity index (χ1v) is 11.9. The zero-order valence-electron chi connectivity index (χ0n) is 21.0. The van der Waals surface area contributed by atoms with Crippen LogP contribution < -0.4 is 0 Å². The van der Waals surface area contributed by atoms with Gasteiger partial charge in [-0.25, -0.2) is 4.99 Å². The fraction of sp³-hybridized carbons (Fsp3) is 0.407. The maximum Gasteiger partial charge on any atom is 0.390 e. The summed E-state index contributed by atoms with van der Waals surface area (Å²) in [6, 6.07) is 8.26. The number of carbonyl (C=O) groups is 2. The Kier molecular flexibility index (Phi) is 8.73. The summed E-state index contributed by atoms with van der Waals surface area (Å²) in [5.41, 5.74) is 0.846. The molecule has 37 heavy (non-hydrogen) atoms. The summed E-state index contributed by atoms with van der Waals surface area (Å²) in [6.07, 6.45) is -2.80. The Morgan fingerprint density at radius 3 is 2.65 bits per heavy atom. The lowest BCUT2D eigenvalue weighted by molar-refractivity contribution is -0.162. The van der Waals surface area contributed by atoms with E-state index < -0.39 is 36.2 Å². The summed E-state index contributed by atoms with van der Waals surface area (Å²) in [5.74, 6) is -1.09. The number of aliphatic imine (C=N–C) groups is 2. The van der Waals surface area contributed by atoms with E-state index in [1.54, 1.807) is 31.2 Å². The summed E-state index contributed by atoms with van der Waals surface area (Å²) in [5, 5.41) is 8.35. The van der Waals surface area contributed by atoms with Crippen LogP contribution in [0.5, 0.6) is 0 Å². The second-order valence-electron chi connectivity index (χ2n) is 9.07. The highest BCUT2D eigenvalue weighted by Crippen LogP contribution is 2.46. The van der Waals surface area contributed by atoms with Crippen LogP contribution in [0, 0.1) is 5.41 Å². The van der Waals surface area contributed by atoms with Gasteiger partial charge in [-0.15, -0.1) is 10.2 Å². The van der Waals surface area contributed by atoms with Crippen molar-refractivity contribution in [2.24, 2.45) is 15.4 Å². The maximum atomic E-state index is 13.4. The van der Waals surface area contributed by atoms with Gasteiger partial charge in [0.1, 0.15) is 0 Å². The van der Waals surface area contributed by atoms with Crippen molar-refractivity contribution in [3.05, 3.63) is 53.6 Å². The molecular weight excluding hydrogens is 485 g/mol. The normalized spacial score (nSPS) is 19.0. The van der Waals surface area contributed by atoms with E-state index in [1.807, 2.05) is 26.0 Å². The Hall–Kier alpha value is -3.69. The predicted molar refractivity (Wildman–Crippen MR) is 135 cm³/mol. The minimum absolute atomic E-state index is 0.0294. The lowest BCUT2D eigenvalue weighted by Gasteiger charge is -2.36. The molecule has 0 amide bonds. The van der Waals surface area contributed by atoms with Crippen LogP contribution in [0.3, 0.4) is 0 Å². The SMILES string of the molecule is C=NC(C)/C=C\C(C)=Nc1ccc(-c2ccc3c(c2)CCC(CC(=O)OCC)(CC(F)(F)F)C3=O)nn1. The van der Waals surface area contributed by atoms with Gasteiger partial charge in [0.2, 0.25) is 0 Å². The van der Waals surface area contributed by atoms with Crippen LogP contribution >= 0.6 is 0 Å². The number of halogens is 3. The number of fused-ring (bicyclic) bond motifs is 1. The van der Waals surface area contributed by atoms with Crippen molar-refractivity contribution >= 4 is 30.0 Å². The number of hydrogen-bond donors (Lipinski definition) is 0. The molecule has 0 saturated carbocycles. The van der Waals surface area contributed by atoms with Crippen LogP contribution in [0.4, 0.5) is 19.0 Å². The molecule has 2 atom stereocenters. The lowest BCUT2D eigenvalue weighted by Crippen LogP contribution is -2.42. The summed E-state index contributed by atoms with van der Waals surface area (Å²) < 4.78 is 45.1. The monoisotopic (exact) mass is 514 g/mol. The molecule has 7 nitrogen and oxygen atoms in total. The van der Waals surface area contributed by atoms with Gasteiger partial charge in [0, 0.05) is 16.8 Å². The number of alkyl halides is 3. The molecule has 3 rings (SSSR count). The number of benzene rings is 1. The third-order valence-electron chi connectivity index (χ3n) is 6.17. The standard InChI is InChI=1S/C27H29F3N4O3/c1-5-37-24(35)15-26(16-27(28,29)30)13-12-19-14-20(8-9-21(19)25(26)36)22-10-11-23(34-33-22)32-18(3)7-6-17(2)31-4/h6-11,14,17H,4-5,12-13,15-16H2,1-3H3/b7-6-,32-18?. The third-order valence-corrected chi connectivity index (χ3v) is 6.17. The topological polar surface area (TPSA) is 93.9 Å². The van der Waals surface area contributed by atoms with Crippen molar-refractivity contribution in [1.29, 1.82) is 0 Å². The van der Waals surface area contributed by atoms with Crippen LogP contribution in [-0.4, -0.2) is 53.2 Å². The smallest absolute Gasteiger partial charge is 0.390 e. The van der Waals surface area contributed by atoms with Crippen molar-refractivity contribution < 1.29 is 27.5 Å². The van der Waals surface area contributed by atoms with Gasteiger partial charge in [-0.2, -0.15) is 13.2 Å². The fourth-order valence-electron chi connectivity index (χ4n) is 4.32. The van der Waals surface area contributed by atoms with Gasteiger partial charge >= 0.3 is 12.1 Å². The van der Waals surface area contributed by atoms with E-state index in [4.69, 9.17) is 4.74 Å². The highest BCUT2D eigenvalue weighted by atomic mass is 19.4. The minimum Gasteiger partial charge on any atom is -0.466 e. The van der Waals surface area contributed by atoms with E-state index >= 15 is 0 Å². The molecule has 1 aliphatic rings. The van der Waals surface area contributed by atoms with Crippen LogP contribution in [0.25, 0.3) is 11.3 Å². The molecular formula is C27H29F3N4O3. The summed E-state index contributed by atoms with van der Waals surface area (Å²) in [4.78, 5) is 33.7. The quantitative estimate of drug-likeness (QED) is 0.307. The van der Waals surface area contributed by atoms with Gasteiger partial charge < -0.3 is 4.74 Å². The molecule has 1 heterocycles. The number of carbonyl (C=O) groups excluding carboxylic acids is 2. The number of rotatable bonds is 9. The molecule has 1 aromatic carbocycles. The second kappa shape index (κ2) is 11.6.